The first kappa shape index (κ1) is 22.6. The highest BCUT2D eigenvalue weighted by molar-refractivity contribution is 5.95. The summed E-state index contributed by atoms with van der Waals surface area (Å²) in [7, 11) is 0. The molecule has 1 heterocycles. The molecule has 1 saturated heterocycles. The van der Waals surface area contributed by atoms with Gasteiger partial charge < -0.3 is 24.4 Å². The molecule has 0 radical (unpaired) electrons. The molecule has 0 bridgehead atoms. The zero-order valence-corrected chi connectivity index (χ0v) is 18.3. The minimum Gasteiger partial charge on any atom is -0.482 e. The summed E-state index contributed by atoms with van der Waals surface area (Å²) < 4.78 is 16.0. The zero-order chi connectivity index (χ0) is 22.2. The van der Waals surface area contributed by atoms with Crippen LogP contribution in [0.1, 0.15) is 32.3 Å². The molecule has 0 saturated carbocycles. The molecule has 1 amide bonds. The van der Waals surface area contributed by atoms with Gasteiger partial charge in [-0.1, -0.05) is 26.0 Å². The topological polar surface area (TPSA) is 77.1 Å². The number of carbonyl (C=O) groups excluding carboxylic acids is 2. The van der Waals surface area contributed by atoms with E-state index in [-0.39, 0.29) is 6.61 Å². The highest BCUT2D eigenvalue weighted by Crippen LogP contribution is 2.20. The standard InChI is InChI=1S/C24H30N2O5/c1-17(2)19-4-10-22(11-5-19)30-16-23(27)31-18(3)24(28)25-20-6-8-21(9-7-20)26-12-14-29-15-13-26/h4-11,17-18H,12-16H2,1-3H3,(H,25,28)/t18-/m0/s1. The number of anilines is 2. The average Bonchev–Trinajstić information content (AvgIpc) is 2.79. The molecule has 0 aromatic heterocycles. The second-order valence-electron chi connectivity index (χ2n) is 7.78. The lowest BCUT2D eigenvalue weighted by molar-refractivity contribution is -0.155. The van der Waals surface area contributed by atoms with Crippen molar-refractivity contribution < 1.29 is 23.8 Å². The Bertz CT molecular complexity index is 859. The van der Waals surface area contributed by atoms with Gasteiger partial charge in [-0.25, -0.2) is 4.79 Å². The molecule has 7 heteroatoms. The van der Waals surface area contributed by atoms with Crippen LogP contribution in [0.2, 0.25) is 0 Å². The molecular formula is C24H30N2O5. The summed E-state index contributed by atoms with van der Waals surface area (Å²) in [6, 6.07) is 15.1. The van der Waals surface area contributed by atoms with Crippen molar-refractivity contribution in [3.8, 4) is 5.75 Å². The SMILES string of the molecule is CC(C)c1ccc(OCC(=O)O[C@@H](C)C(=O)Nc2ccc(N3CCOCC3)cc2)cc1. The molecule has 0 unspecified atom stereocenters. The van der Waals surface area contributed by atoms with Gasteiger partial charge in [-0.3, -0.25) is 4.79 Å². The van der Waals surface area contributed by atoms with Crippen molar-refractivity contribution in [1.82, 2.24) is 0 Å². The van der Waals surface area contributed by atoms with E-state index in [1.54, 1.807) is 0 Å². The first-order valence-electron chi connectivity index (χ1n) is 10.6. The molecule has 1 fully saturated rings. The quantitative estimate of drug-likeness (QED) is 0.650. The molecule has 0 spiro atoms. The molecule has 31 heavy (non-hydrogen) atoms. The zero-order valence-electron chi connectivity index (χ0n) is 18.3. The third-order valence-corrected chi connectivity index (χ3v) is 5.09. The number of nitrogens with zero attached hydrogens (tertiary/aromatic N) is 1. The Morgan fingerprint density at radius 3 is 2.26 bits per heavy atom. The van der Waals surface area contributed by atoms with Crippen LogP contribution < -0.4 is 15.0 Å². The Kier molecular flexibility index (Phi) is 7.89. The third-order valence-electron chi connectivity index (χ3n) is 5.09. The van der Waals surface area contributed by atoms with Crippen molar-refractivity contribution in [3.63, 3.8) is 0 Å². The van der Waals surface area contributed by atoms with Crippen molar-refractivity contribution >= 4 is 23.3 Å². The highest BCUT2D eigenvalue weighted by atomic mass is 16.6. The molecule has 3 rings (SSSR count). The summed E-state index contributed by atoms with van der Waals surface area (Å²) in [5.74, 6) is 0.0137. The molecular weight excluding hydrogens is 396 g/mol. The number of amides is 1. The van der Waals surface area contributed by atoms with Crippen LogP contribution in [0.15, 0.2) is 48.5 Å². The maximum Gasteiger partial charge on any atom is 0.344 e. The van der Waals surface area contributed by atoms with Crippen molar-refractivity contribution in [1.29, 1.82) is 0 Å². The van der Waals surface area contributed by atoms with Gasteiger partial charge in [0.2, 0.25) is 0 Å². The van der Waals surface area contributed by atoms with Gasteiger partial charge in [0.15, 0.2) is 12.7 Å². The minimum atomic E-state index is -0.932. The summed E-state index contributed by atoms with van der Waals surface area (Å²) in [5.41, 5.74) is 2.92. The van der Waals surface area contributed by atoms with Gasteiger partial charge in [-0.2, -0.15) is 0 Å². The van der Waals surface area contributed by atoms with Gasteiger partial charge in [0.1, 0.15) is 5.75 Å². The summed E-state index contributed by atoms with van der Waals surface area (Å²) in [6.45, 7) is 8.63. The second-order valence-corrected chi connectivity index (χ2v) is 7.78. The van der Waals surface area contributed by atoms with Gasteiger partial charge in [-0.05, 0) is 54.8 Å². The van der Waals surface area contributed by atoms with E-state index in [4.69, 9.17) is 14.2 Å². The van der Waals surface area contributed by atoms with Crippen LogP contribution in [-0.2, 0) is 19.1 Å². The number of morpholine rings is 1. The lowest BCUT2D eigenvalue weighted by Crippen LogP contribution is -2.36. The van der Waals surface area contributed by atoms with Gasteiger partial charge in [0.05, 0.1) is 13.2 Å². The maximum absolute atomic E-state index is 12.4. The van der Waals surface area contributed by atoms with E-state index in [0.29, 0.717) is 30.6 Å². The first-order chi connectivity index (χ1) is 14.9. The van der Waals surface area contributed by atoms with E-state index < -0.39 is 18.0 Å². The van der Waals surface area contributed by atoms with E-state index in [2.05, 4.69) is 24.1 Å². The molecule has 0 aliphatic carbocycles. The Labute approximate surface area is 183 Å². The van der Waals surface area contributed by atoms with Crippen LogP contribution in [0.5, 0.6) is 5.75 Å². The third kappa shape index (κ3) is 6.72. The van der Waals surface area contributed by atoms with Crippen molar-refractivity contribution in [3.05, 3.63) is 54.1 Å². The molecule has 1 N–H and O–H groups in total. The normalized spacial score (nSPS) is 14.8. The largest absolute Gasteiger partial charge is 0.482 e. The number of hydrogen-bond donors (Lipinski definition) is 1. The van der Waals surface area contributed by atoms with Gasteiger partial charge in [0, 0.05) is 24.5 Å². The lowest BCUT2D eigenvalue weighted by atomic mass is 10.0. The predicted molar refractivity (Wildman–Crippen MR) is 120 cm³/mol. The maximum atomic E-state index is 12.4. The van der Waals surface area contributed by atoms with E-state index in [1.807, 2.05) is 48.5 Å². The monoisotopic (exact) mass is 426 g/mol. The summed E-state index contributed by atoms with van der Waals surface area (Å²) in [4.78, 5) is 26.6. The summed E-state index contributed by atoms with van der Waals surface area (Å²) in [5, 5.41) is 2.77. The molecule has 2 aromatic carbocycles. The van der Waals surface area contributed by atoms with Crippen molar-refractivity contribution in [2.45, 2.75) is 32.8 Å². The summed E-state index contributed by atoms with van der Waals surface area (Å²) in [6.07, 6.45) is -0.932. The lowest BCUT2D eigenvalue weighted by Gasteiger charge is -2.28. The minimum absolute atomic E-state index is 0.257. The highest BCUT2D eigenvalue weighted by Gasteiger charge is 2.19. The first-order valence-corrected chi connectivity index (χ1v) is 10.6. The van der Waals surface area contributed by atoms with Crippen molar-refractivity contribution in [2.24, 2.45) is 0 Å². The van der Waals surface area contributed by atoms with Crippen molar-refractivity contribution in [2.75, 3.05) is 43.1 Å². The number of carbonyl (C=O) groups is 2. The van der Waals surface area contributed by atoms with E-state index in [0.717, 1.165) is 18.8 Å². The van der Waals surface area contributed by atoms with Gasteiger partial charge in [-0.15, -0.1) is 0 Å². The number of ether oxygens (including phenoxy) is 3. The second kappa shape index (κ2) is 10.8. The Balaban J connectivity index is 1.43. The van der Waals surface area contributed by atoms with E-state index >= 15 is 0 Å². The number of benzene rings is 2. The Morgan fingerprint density at radius 2 is 1.65 bits per heavy atom. The average molecular weight is 427 g/mol. The fraction of sp³-hybridized carbons (Fsp3) is 0.417. The molecule has 7 nitrogen and oxygen atoms in total. The predicted octanol–water partition coefficient (Wildman–Crippen LogP) is 3.60. The number of rotatable bonds is 8. The Morgan fingerprint density at radius 1 is 1.00 bits per heavy atom. The fourth-order valence-corrected chi connectivity index (χ4v) is 3.20. The molecule has 2 aromatic rings. The number of esters is 1. The molecule has 1 aliphatic heterocycles. The van der Waals surface area contributed by atoms with Crippen LogP contribution in [-0.4, -0.2) is 50.9 Å². The van der Waals surface area contributed by atoms with Crippen LogP contribution in [0.25, 0.3) is 0 Å². The van der Waals surface area contributed by atoms with Crippen LogP contribution in [0.3, 0.4) is 0 Å². The van der Waals surface area contributed by atoms with Gasteiger partial charge >= 0.3 is 5.97 Å². The van der Waals surface area contributed by atoms with E-state index in [9.17, 15) is 9.59 Å². The number of hydrogen-bond acceptors (Lipinski definition) is 6. The number of nitrogens with one attached hydrogen (secondary N) is 1. The van der Waals surface area contributed by atoms with Gasteiger partial charge in [0.25, 0.3) is 5.91 Å². The Hall–Kier alpha value is -3.06. The fourth-order valence-electron chi connectivity index (χ4n) is 3.20. The van der Waals surface area contributed by atoms with Crippen LogP contribution in [0.4, 0.5) is 11.4 Å². The molecule has 1 atom stereocenters. The summed E-state index contributed by atoms with van der Waals surface area (Å²) >= 11 is 0. The molecule has 1 aliphatic rings. The molecule has 166 valence electrons. The van der Waals surface area contributed by atoms with Crippen LogP contribution in [0, 0.1) is 0 Å². The van der Waals surface area contributed by atoms with E-state index in [1.165, 1.54) is 12.5 Å². The van der Waals surface area contributed by atoms with Crippen LogP contribution >= 0.6 is 0 Å². The smallest absolute Gasteiger partial charge is 0.344 e.